The number of nitrogens with zero attached hydrogens (tertiary/aromatic N) is 2. The van der Waals surface area contributed by atoms with Crippen molar-refractivity contribution in [1.82, 2.24) is 9.80 Å². The predicted octanol–water partition coefficient (Wildman–Crippen LogP) is 1.84. The van der Waals surface area contributed by atoms with Gasteiger partial charge < -0.3 is 14.7 Å². The van der Waals surface area contributed by atoms with Crippen molar-refractivity contribution in [3.05, 3.63) is 28.7 Å². The van der Waals surface area contributed by atoms with Gasteiger partial charge in [-0.15, -0.1) is 0 Å². The zero-order valence-corrected chi connectivity index (χ0v) is 14.5. The molecule has 0 radical (unpaired) electrons. The third-order valence-electron chi connectivity index (χ3n) is 3.77. The fourth-order valence-corrected chi connectivity index (χ4v) is 2.71. The van der Waals surface area contributed by atoms with Gasteiger partial charge in [-0.3, -0.25) is 14.5 Å². The maximum atomic E-state index is 12.1. The van der Waals surface area contributed by atoms with E-state index >= 15 is 0 Å². The zero-order chi connectivity index (χ0) is 16.7. The summed E-state index contributed by atoms with van der Waals surface area (Å²) in [6.07, 6.45) is 0.843. The second-order valence-corrected chi connectivity index (χ2v) is 6.38. The maximum absolute atomic E-state index is 12.1. The molecule has 1 fully saturated rings. The molecule has 1 aliphatic heterocycles. The monoisotopic (exact) mass is 384 g/mol. The Bertz CT molecular complexity index is 527. The van der Waals surface area contributed by atoms with E-state index in [1.54, 1.807) is 4.90 Å². The van der Waals surface area contributed by atoms with E-state index in [0.717, 1.165) is 24.1 Å². The summed E-state index contributed by atoms with van der Waals surface area (Å²) in [4.78, 5) is 26.6. The Balaban J connectivity index is 1.67. The number of hydrogen-bond donors (Lipinski definition) is 1. The molecule has 2 rings (SSSR count). The van der Waals surface area contributed by atoms with E-state index in [1.165, 1.54) is 0 Å². The summed E-state index contributed by atoms with van der Waals surface area (Å²) in [7, 11) is 0. The minimum Gasteiger partial charge on any atom is -0.484 e. The lowest BCUT2D eigenvalue weighted by molar-refractivity contribution is -0.137. The molecule has 126 valence electrons. The molecule has 6 nitrogen and oxygen atoms in total. The highest BCUT2D eigenvalue weighted by atomic mass is 79.9. The fraction of sp³-hybridized carbons (Fsp3) is 0.500. The van der Waals surface area contributed by atoms with E-state index in [1.807, 2.05) is 24.3 Å². The Labute approximate surface area is 144 Å². The van der Waals surface area contributed by atoms with E-state index in [0.29, 0.717) is 25.3 Å². The third kappa shape index (κ3) is 6.19. The van der Waals surface area contributed by atoms with E-state index in [2.05, 4.69) is 20.8 Å². The number of carboxylic acid groups (broad SMARTS) is 1. The highest BCUT2D eigenvalue weighted by molar-refractivity contribution is 9.10. The highest BCUT2D eigenvalue weighted by Gasteiger charge is 2.21. The van der Waals surface area contributed by atoms with Crippen molar-refractivity contribution < 1.29 is 19.4 Å². The van der Waals surface area contributed by atoms with Gasteiger partial charge in [0.05, 0.1) is 0 Å². The van der Waals surface area contributed by atoms with Gasteiger partial charge in [0.15, 0.2) is 6.61 Å². The normalized spacial score (nSPS) is 15.4. The molecule has 1 N–H and O–H groups in total. The standard InChI is InChI=1S/C16H21BrN2O4/c17-13-3-5-14(6-4-13)23-12-15(20)19-10-8-18(9-11-19)7-1-2-16(21)22/h3-6H,1-2,7-12H2,(H,21,22). The molecule has 1 saturated heterocycles. The van der Waals surface area contributed by atoms with Crippen molar-refractivity contribution in [3.8, 4) is 5.75 Å². The van der Waals surface area contributed by atoms with Gasteiger partial charge in [-0.2, -0.15) is 0 Å². The minimum absolute atomic E-state index is 0.0156. The molecule has 0 bridgehead atoms. The quantitative estimate of drug-likeness (QED) is 0.776. The molecule has 0 unspecified atom stereocenters. The van der Waals surface area contributed by atoms with Crippen molar-refractivity contribution in [2.45, 2.75) is 12.8 Å². The molecule has 7 heteroatoms. The molecule has 0 aromatic heterocycles. The van der Waals surface area contributed by atoms with Crippen molar-refractivity contribution in [1.29, 1.82) is 0 Å². The zero-order valence-electron chi connectivity index (χ0n) is 12.9. The van der Waals surface area contributed by atoms with Gasteiger partial charge in [0, 0.05) is 37.1 Å². The van der Waals surface area contributed by atoms with E-state index in [4.69, 9.17) is 9.84 Å². The van der Waals surface area contributed by atoms with Crippen LogP contribution in [-0.2, 0) is 9.59 Å². The Kier molecular flexibility index (Phi) is 6.85. The van der Waals surface area contributed by atoms with Gasteiger partial charge >= 0.3 is 5.97 Å². The molecule has 0 aliphatic carbocycles. The molecule has 1 heterocycles. The summed E-state index contributed by atoms with van der Waals surface area (Å²) < 4.78 is 6.47. The second-order valence-electron chi connectivity index (χ2n) is 5.46. The summed E-state index contributed by atoms with van der Waals surface area (Å²) >= 11 is 3.35. The van der Waals surface area contributed by atoms with Crippen LogP contribution < -0.4 is 4.74 Å². The van der Waals surface area contributed by atoms with Crippen LogP contribution in [0.5, 0.6) is 5.75 Å². The van der Waals surface area contributed by atoms with Crippen molar-refractivity contribution >= 4 is 27.8 Å². The average molecular weight is 385 g/mol. The number of rotatable bonds is 7. The molecule has 1 aromatic carbocycles. The lowest BCUT2D eigenvalue weighted by Crippen LogP contribution is -2.50. The predicted molar refractivity (Wildman–Crippen MR) is 89.5 cm³/mol. The van der Waals surface area contributed by atoms with Crippen LogP contribution in [0.25, 0.3) is 0 Å². The average Bonchev–Trinajstić information content (AvgIpc) is 2.54. The lowest BCUT2D eigenvalue weighted by Gasteiger charge is -2.34. The van der Waals surface area contributed by atoms with Crippen molar-refractivity contribution in [2.24, 2.45) is 0 Å². The fourth-order valence-electron chi connectivity index (χ4n) is 2.44. The number of piperazine rings is 1. The molecule has 1 aromatic rings. The van der Waals surface area contributed by atoms with Gasteiger partial charge in [0.1, 0.15) is 5.75 Å². The second kappa shape index (κ2) is 8.88. The number of ether oxygens (including phenoxy) is 1. The summed E-state index contributed by atoms with van der Waals surface area (Å²) in [6.45, 7) is 3.70. The summed E-state index contributed by atoms with van der Waals surface area (Å²) in [6, 6.07) is 7.38. The number of carbonyl (C=O) groups is 2. The van der Waals surface area contributed by atoms with Crippen LogP contribution in [0, 0.1) is 0 Å². The number of amides is 1. The third-order valence-corrected chi connectivity index (χ3v) is 4.29. The lowest BCUT2D eigenvalue weighted by atomic mass is 10.2. The highest BCUT2D eigenvalue weighted by Crippen LogP contribution is 2.16. The SMILES string of the molecule is O=C(O)CCCN1CCN(C(=O)COc2ccc(Br)cc2)CC1. The van der Waals surface area contributed by atoms with E-state index in [-0.39, 0.29) is 18.9 Å². The Hall–Kier alpha value is -1.60. The van der Waals surface area contributed by atoms with Gasteiger partial charge in [-0.25, -0.2) is 0 Å². The molecule has 0 saturated carbocycles. The molecule has 1 amide bonds. The minimum atomic E-state index is -0.760. The van der Waals surface area contributed by atoms with Crippen molar-refractivity contribution in [2.75, 3.05) is 39.3 Å². The van der Waals surface area contributed by atoms with Crippen LogP contribution in [-0.4, -0.2) is 66.1 Å². The number of hydrogen-bond acceptors (Lipinski definition) is 4. The van der Waals surface area contributed by atoms with Gasteiger partial charge in [-0.1, -0.05) is 15.9 Å². The van der Waals surface area contributed by atoms with E-state index in [9.17, 15) is 9.59 Å². The van der Waals surface area contributed by atoms with Crippen LogP contribution in [0.3, 0.4) is 0 Å². The Morgan fingerprint density at radius 2 is 1.78 bits per heavy atom. The smallest absolute Gasteiger partial charge is 0.303 e. The Morgan fingerprint density at radius 1 is 1.13 bits per heavy atom. The summed E-state index contributed by atoms with van der Waals surface area (Å²) in [5, 5.41) is 8.64. The molecule has 0 atom stereocenters. The first-order valence-corrected chi connectivity index (χ1v) is 8.44. The van der Waals surface area contributed by atoms with Crippen molar-refractivity contribution in [3.63, 3.8) is 0 Å². The van der Waals surface area contributed by atoms with Gasteiger partial charge in [0.25, 0.3) is 5.91 Å². The molecule has 0 spiro atoms. The van der Waals surface area contributed by atoms with Crippen LogP contribution in [0.2, 0.25) is 0 Å². The first-order valence-electron chi connectivity index (χ1n) is 7.65. The number of carboxylic acids is 1. The number of aliphatic carboxylic acids is 1. The first-order chi connectivity index (χ1) is 11.0. The van der Waals surface area contributed by atoms with Crippen LogP contribution in [0.4, 0.5) is 0 Å². The van der Waals surface area contributed by atoms with Crippen LogP contribution in [0.15, 0.2) is 28.7 Å². The molecule has 23 heavy (non-hydrogen) atoms. The Morgan fingerprint density at radius 3 is 2.39 bits per heavy atom. The van der Waals surface area contributed by atoms with Gasteiger partial charge in [0.2, 0.25) is 0 Å². The van der Waals surface area contributed by atoms with Crippen LogP contribution >= 0.6 is 15.9 Å². The summed E-state index contributed by atoms with van der Waals surface area (Å²) in [5.74, 6) is -0.101. The largest absolute Gasteiger partial charge is 0.484 e. The number of benzene rings is 1. The first kappa shape index (κ1) is 17.7. The maximum Gasteiger partial charge on any atom is 0.303 e. The van der Waals surface area contributed by atoms with Gasteiger partial charge in [-0.05, 0) is 37.2 Å². The van der Waals surface area contributed by atoms with E-state index < -0.39 is 5.97 Å². The molecular formula is C16H21BrN2O4. The summed E-state index contributed by atoms with van der Waals surface area (Å²) in [5.41, 5.74) is 0. The number of carbonyl (C=O) groups excluding carboxylic acids is 1. The molecule has 1 aliphatic rings. The van der Waals surface area contributed by atoms with Crippen LogP contribution in [0.1, 0.15) is 12.8 Å². The topological polar surface area (TPSA) is 70.1 Å². The molecular weight excluding hydrogens is 364 g/mol. The number of halogens is 1.